The van der Waals surface area contributed by atoms with Gasteiger partial charge in [0.05, 0.1) is 0 Å². The Balaban J connectivity index is 1.94. The van der Waals surface area contributed by atoms with E-state index in [1.807, 2.05) is 4.90 Å². The fraction of sp³-hybridized carbons (Fsp3) is 0.529. The smallest absolute Gasteiger partial charge is 0.260 e. The Labute approximate surface area is 131 Å². The second-order valence-electron chi connectivity index (χ2n) is 5.93. The summed E-state index contributed by atoms with van der Waals surface area (Å²) in [5.41, 5.74) is 0.664. The van der Waals surface area contributed by atoms with Gasteiger partial charge in [0.15, 0.2) is 6.61 Å². The molecule has 0 unspecified atom stereocenters. The standard InChI is InChI=1S/C17H24N2O3/c1-12-6-4-7-13(2)19(12)17(21)11-22-16-9-5-8-15(10-16)18-14(3)20/h5,8-10,12-13H,4,6-7,11H2,1-3H3,(H,18,20)/t12-,13-/m1/s1. The summed E-state index contributed by atoms with van der Waals surface area (Å²) < 4.78 is 5.60. The Kier molecular flexibility index (Phi) is 5.41. The van der Waals surface area contributed by atoms with Gasteiger partial charge in [-0.1, -0.05) is 6.07 Å². The quantitative estimate of drug-likeness (QED) is 0.930. The zero-order valence-corrected chi connectivity index (χ0v) is 13.5. The predicted octanol–water partition coefficient (Wildman–Crippen LogP) is 2.81. The number of rotatable bonds is 4. The van der Waals surface area contributed by atoms with Crippen molar-refractivity contribution in [3.05, 3.63) is 24.3 Å². The molecular formula is C17H24N2O3. The number of piperidine rings is 1. The van der Waals surface area contributed by atoms with E-state index < -0.39 is 0 Å². The first-order valence-electron chi connectivity index (χ1n) is 7.79. The molecule has 0 bridgehead atoms. The van der Waals surface area contributed by atoms with Crippen LogP contribution in [0.25, 0.3) is 0 Å². The van der Waals surface area contributed by atoms with Crippen LogP contribution in [0.3, 0.4) is 0 Å². The molecule has 0 aromatic heterocycles. The number of carbonyl (C=O) groups excluding carboxylic acids is 2. The van der Waals surface area contributed by atoms with Crippen LogP contribution in [0.2, 0.25) is 0 Å². The van der Waals surface area contributed by atoms with E-state index in [1.165, 1.54) is 13.3 Å². The minimum Gasteiger partial charge on any atom is -0.484 e. The van der Waals surface area contributed by atoms with Crippen molar-refractivity contribution in [1.82, 2.24) is 4.90 Å². The van der Waals surface area contributed by atoms with Crippen molar-refractivity contribution in [2.75, 3.05) is 11.9 Å². The summed E-state index contributed by atoms with van der Waals surface area (Å²) in [6, 6.07) is 7.61. The van der Waals surface area contributed by atoms with Gasteiger partial charge in [0, 0.05) is 30.8 Å². The molecular weight excluding hydrogens is 280 g/mol. The summed E-state index contributed by atoms with van der Waals surface area (Å²) >= 11 is 0. The van der Waals surface area contributed by atoms with Gasteiger partial charge in [-0.2, -0.15) is 0 Å². The van der Waals surface area contributed by atoms with E-state index in [-0.39, 0.29) is 30.5 Å². The number of hydrogen-bond donors (Lipinski definition) is 1. The Morgan fingerprint density at radius 3 is 2.59 bits per heavy atom. The molecule has 1 aliphatic heterocycles. The molecule has 1 aromatic rings. The summed E-state index contributed by atoms with van der Waals surface area (Å²) in [6.45, 7) is 5.66. The Bertz CT molecular complexity index is 534. The second kappa shape index (κ2) is 7.29. The van der Waals surface area contributed by atoms with Gasteiger partial charge in [-0.15, -0.1) is 0 Å². The molecule has 2 rings (SSSR count). The van der Waals surface area contributed by atoms with Crippen LogP contribution in [-0.2, 0) is 9.59 Å². The average Bonchev–Trinajstić information content (AvgIpc) is 2.44. The lowest BCUT2D eigenvalue weighted by molar-refractivity contribution is -0.139. The minimum absolute atomic E-state index is 0.0182. The highest BCUT2D eigenvalue weighted by Gasteiger charge is 2.28. The Hall–Kier alpha value is -2.04. The van der Waals surface area contributed by atoms with Gasteiger partial charge < -0.3 is 15.0 Å². The van der Waals surface area contributed by atoms with Crippen LogP contribution in [0, 0.1) is 0 Å². The molecule has 0 aliphatic carbocycles. The lowest BCUT2D eigenvalue weighted by atomic mass is 9.97. The van der Waals surface area contributed by atoms with Crippen LogP contribution in [0.1, 0.15) is 40.0 Å². The number of anilines is 1. The van der Waals surface area contributed by atoms with Crippen molar-refractivity contribution in [2.24, 2.45) is 0 Å². The van der Waals surface area contributed by atoms with Gasteiger partial charge in [0.2, 0.25) is 5.91 Å². The molecule has 0 spiro atoms. The third kappa shape index (κ3) is 4.23. The van der Waals surface area contributed by atoms with Crippen LogP contribution in [0.15, 0.2) is 24.3 Å². The van der Waals surface area contributed by atoms with Crippen LogP contribution < -0.4 is 10.1 Å². The van der Waals surface area contributed by atoms with Crippen LogP contribution in [0.5, 0.6) is 5.75 Å². The molecule has 1 fully saturated rings. The lowest BCUT2D eigenvalue weighted by Gasteiger charge is -2.38. The van der Waals surface area contributed by atoms with E-state index in [0.717, 1.165) is 12.8 Å². The second-order valence-corrected chi connectivity index (χ2v) is 5.93. The number of benzene rings is 1. The number of amides is 2. The zero-order chi connectivity index (χ0) is 16.1. The number of hydrogen-bond acceptors (Lipinski definition) is 3. The molecule has 1 heterocycles. The van der Waals surface area contributed by atoms with Gasteiger partial charge in [0.25, 0.3) is 5.91 Å². The first kappa shape index (κ1) is 16.3. The van der Waals surface area contributed by atoms with E-state index in [0.29, 0.717) is 11.4 Å². The molecule has 1 aromatic carbocycles. The van der Waals surface area contributed by atoms with Gasteiger partial charge in [-0.05, 0) is 45.2 Å². The lowest BCUT2D eigenvalue weighted by Crippen LogP contribution is -2.49. The van der Waals surface area contributed by atoms with E-state index in [1.54, 1.807) is 24.3 Å². The van der Waals surface area contributed by atoms with Crippen LogP contribution in [-0.4, -0.2) is 35.4 Å². The molecule has 0 saturated carbocycles. The van der Waals surface area contributed by atoms with Crippen molar-refractivity contribution < 1.29 is 14.3 Å². The topological polar surface area (TPSA) is 58.6 Å². The van der Waals surface area contributed by atoms with Gasteiger partial charge in [-0.25, -0.2) is 0 Å². The van der Waals surface area contributed by atoms with Crippen LogP contribution in [0.4, 0.5) is 5.69 Å². The molecule has 2 atom stereocenters. The third-order valence-electron chi connectivity index (χ3n) is 4.00. The van der Waals surface area contributed by atoms with E-state index in [2.05, 4.69) is 19.2 Å². The van der Waals surface area contributed by atoms with Gasteiger partial charge in [-0.3, -0.25) is 9.59 Å². The summed E-state index contributed by atoms with van der Waals surface area (Å²) in [4.78, 5) is 25.4. The largest absolute Gasteiger partial charge is 0.484 e. The maximum absolute atomic E-state index is 12.4. The zero-order valence-electron chi connectivity index (χ0n) is 13.5. The highest BCUT2D eigenvalue weighted by atomic mass is 16.5. The van der Waals surface area contributed by atoms with Crippen LogP contribution >= 0.6 is 0 Å². The summed E-state index contributed by atoms with van der Waals surface area (Å²) in [7, 11) is 0. The summed E-state index contributed by atoms with van der Waals surface area (Å²) in [6.07, 6.45) is 3.27. The van der Waals surface area contributed by atoms with Crippen molar-refractivity contribution in [3.8, 4) is 5.75 Å². The van der Waals surface area contributed by atoms with Crippen molar-refractivity contribution in [2.45, 2.75) is 52.1 Å². The fourth-order valence-corrected chi connectivity index (χ4v) is 3.00. The molecule has 5 heteroatoms. The number of likely N-dealkylation sites (tertiary alicyclic amines) is 1. The first-order valence-corrected chi connectivity index (χ1v) is 7.79. The number of nitrogens with zero attached hydrogens (tertiary/aromatic N) is 1. The van der Waals surface area contributed by atoms with Gasteiger partial charge >= 0.3 is 0 Å². The molecule has 5 nitrogen and oxygen atoms in total. The molecule has 120 valence electrons. The van der Waals surface area contributed by atoms with E-state index >= 15 is 0 Å². The molecule has 2 amide bonds. The maximum Gasteiger partial charge on any atom is 0.260 e. The summed E-state index contributed by atoms with van der Waals surface area (Å²) in [5, 5.41) is 2.70. The first-order chi connectivity index (χ1) is 10.5. The SMILES string of the molecule is CC(=O)Nc1cccc(OCC(=O)N2[C@H](C)CCC[C@H]2C)c1. The Morgan fingerprint density at radius 1 is 1.27 bits per heavy atom. The van der Waals surface area contributed by atoms with Crippen molar-refractivity contribution in [1.29, 1.82) is 0 Å². The number of carbonyl (C=O) groups is 2. The number of ether oxygens (including phenoxy) is 1. The van der Waals surface area contributed by atoms with Crippen molar-refractivity contribution >= 4 is 17.5 Å². The number of nitrogens with one attached hydrogen (secondary N) is 1. The Morgan fingerprint density at radius 2 is 1.95 bits per heavy atom. The maximum atomic E-state index is 12.4. The van der Waals surface area contributed by atoms with Crippen molar-refractivity contribution in [3.63, 3.8) is 0 Å². The molecule has 0 radical (unpaired) electrons. The average molecular weight is 304 g/mol. The highest BCUT2D eigenvalue weighted by molar-refractivity contribution is 5.88. The molecule has 1 N–H and O–H groups in total. The monoisotopic (exact) mass is 304 g/mol. The van der Waals surface area contributed by atoms with E-state index in [4.69, 9.17) is 4.74 Å². The third-order valence-corrected chi connectivity index (χ3v) is 4.00. The molecule has 22 heavy (non-hydrogen) atoms. The highest BCUT2D eigenvalue weighted by Crippen LogP contribution is 2.23. The molecule has 1 aliphatic rings. The van der Waals surface area contributed by atoms with Gasteiger partial charge in [0.1, 0.15) is 5.75 Å². The minimum atomic E-state index is -0.135. The molecule has 1 saturated heterocycles. The normalized spacial score (nSPS) is 21.3. The predicted molar refractivity (Wildman–Crippen MR) is 85.9 cm³/mol. The summed E-state index contributed by atoms with van der Waals surface area (Å²) in [5.74, 6) is 0.464. The fourth-order valence-electron chi connectivity index (χ4n) is 3.00. The van der Waals surface area contributed by atoms with E-state index in [9.17, 15) is 9.59 Å².